The second kappa shape index (κ2) is 7.51. The minimum atomic E-state index is -0.615. The molecule has 0 saturated carbocycles. The SMILES string of the molecule is CCc1ccc(N2CC[C@H](C(=O)Nc3cccc(CC)c3)C2=O)cc1. The van der Waals surface area contributed by atoms with E-state index < -0.39 is 5.92 Å². The molecule has 0 bridgehead atoms. The highest BCUT2D eigenvalue weighted by atomic mass is 16.2. The summed E-state index contributed by atoms with van der Waals surface area (Å²) in [4.78, 5) is 26.9. The first-order valence-corrected chi connectivity index (χ1v) is 8.92. The molecule has 2 amide bonds. The summed E-state index contributed by atoms with van der Waals surface area (Å²) >= 11 is 0. The van der Waals surface area contributed by atoms with Crippen LogP contribution in [0.3, 0.4) is 0 Å². The number of aryl methyl sites for hydroxylation is 2. The molecule has 1 saturated heterocycles. The first kappa shape index (κ1) is 17.2. The van der Waals surface area contributed by atoms with Gasteiger partial charge >= 0.3 is 0 Å². The number of carbonyl (C=O) groups excluding carboxylic acids is 2. The Bertz CT molecular complexity index is 768. The van der Waals surface area contributed by atoms with Crippen LogP contribution in [0.4, 0.5) is 11.4 Å². The predicted octanol–water partition coefficient (Wildman–Crippen LogP) is 3.80. The van der Waals surface area contributed by atoms with Crippen molar-refractivity contribution in [1.29, 1.82) is 0 Å². The zero-order valence-corrected chi connectivity index (χ0v) is 14.8. The van der Waals surface area contributed by atoms with E-state index in [0.29, 0.717) is 13.0 Å². The average Bonchev–Trinajstić information content (AvgIpc) is 3.03. The monoisotopic (exact) mass is 336 g/mol. The van der Waals surface area contributed by atoms with Gasteiger partial charge in [-0.05, 0) is 54.7 Å². The first-order valence-electron chi connectivity index (χ1n) is 8.92. The molecule has 4 heteroatoms. The number of nitrogens with zero attached hydrogens (tertiary/aromatic N) is 1. The van der Waals surface area contributed by atoms with E-state index in [1.54, 1.807) is 4.90 Å². The molecule has 1 aliphatic rings. The van der Waals surface area contributed by atoms with E-state index in [-0.39, 0.29) is 11.8 Å². The van der Waals surface area contributed by atoms with Gasteiger partial charge in [0.2, 0.25) is 11.8 Å². The minimum Gasteiger partial charge on any atom is -0.325 e. The van der Waals surface area contributed by atoms with Gasteiger partial charge in [-0.25, -0.2) is 0 Å². The maximum Gasteiger partial charge on any atom is 0.239 e. The van der Waals surface area contributed by atoms with Crippen LogP contribution in [0.1, 0.15) is 31.4 Å². The molecule has 2 aromatic rings. The smallest absolute Gasteiger partial charge is 0.239 e. The van der Waals surface area contributed by atoms with E-state index in [9.17, 15) is 9.59 Å². The maximum absolute atomic E-state index is 12.7. The summed E-state index contributed by atoms with van der Waals surface area (Å²) in [6.07, 6.45) is 2.43. The van der Waals surface area contributed by atoms with Crippen molar-refractivity contribution < 1.29 is 9.59 Å². The van der Waals surface area contributed by atoms with Crippen LogP contribution < -0.4 is 10.2 Å². The molecule has 25 heavy (non-hydrogen) atoms. The minimum absolute atomic E-state index is 0.117. The van der Waals surface area contributed by atoms with Crippen molar-refractivity contribution in [2.75, 3.05) is 16.8 Å². The predicted molar refractivity (Wildman–Crippen MR) is 101 cm³/mol. The van der Waals surface area contributed by atoms with Gasteiger partial charge in [0.25, 0.3) is 0 Å². The molecule has 3 rings (SSSR count). The lowest BCUT2D eigenvalue weighted by Gasteiger charge is -2.17. The standard InChI is InChI=1S/C21H24N2O2/c1-3-15-8-10-18(11-9-15)23-13-12-19(21(23)25)20(24)22-17-7-5-6-16(4-2)14-17/h5-11,14,19H,3-4,12-13H2,1-2H3,(H,22,24)/t19-/m1/s1. The quantitative estimate of drug-likeness (QED) is 0.844. The summed E-state index contributed by atoms with van der Waals surface area (Å²) in [5.74, 6) is -0.949. The van der Waals surface area contributed by atoms with Crippen LogP contribution in [0.5, 0.6) is 0 Å². The van der Waals surface area contributed by atoms with E-state index in [1.165, 1.54) is 5.56 Å². The summed E-state index contributed by atoms with van der Waals surface area (Å²) in [6.45, 7) is 4.75. The number of anilines is 2. The van der Waals surface area contributed by atoms with Crippen molar-refractivity contribution in [2.24, 2.45) is 5.92 Å². The fourth-order valence-corrected chi connectivity index (χ4v) is 3.19. The lowest BCUT2D eigenvalue weighted by Crippen LogP contribution is -2.33. The van der Waals surface area contributed by atoms with Gasteiger partial charge in [-0.2, -0.15) is 0 Å². The van der Waals surface area contributed by atoms with Crippen LogP contribution in [0.2, 0.25) is 0 Å². The van der Waals surface area contributed by atoms with Gasteiger partial charge in [-0.15, -0.1) is 0 Å². The van der Waals surface area contributed by atoms with E-state index >= 15 is 0 Å². The summed E-state index contributed by atoms with van der Waals surface area (Å²) in [5.41, 5.74) is 4.02. The van der Waals surface area contributed by atoms with E-state index in [4.69, 9.17) is 0 Å². The summed E-state index contributed by atoms with van der Waals surface area (Å²) < 4.78 is 0. The number of amides is 2. The Labute approximate surface area is 148 Å². The molecular weight excluding hydrogens is 312 g/mol. The number of benzene rings is 2. The fraction of sp³-hybridized carbons (Fsp3) is 0.333. The Morgan fingerprint density at radius 2 is 1.80 bits per heavy atom. The molecule has 0 aromatic heterocycles. The molecule has 130 valence electrons. The third kappa shape index (κ3) is 3.73. The van der Waals surface area contributed by atoms with Gasteiger partial charge in [0, 0.05) is 17.9 Å². The maximum atomic E-state index is 12.7. The summed E-state index contributed by atoms with van der Waals surface area (Å²) in [5, 5.41) is 2.89. The molecule has 2 aromatic carbocycles. The highest BCUT2D eigenvalue weighted by molar-refractivity contribution is 6.13. The van der Waals surface area contributed by atoms with Gasteiger partial charge in [0.05, 0.1) is 0 Å². The highest BCUT2D eigenvalue weighted by Crippen LogP contribution is 2.26. The first-order chi connectivity index (χ1) is 12.1. The molecule has 1 fully saturated rings. The number of hydrogen-bond acceptors (Lipinski definition) is 2. The zero-order valence-electron chi connectivity index (χ0n) is 14.8. The van der Waals surface area contributed by atoms with Crippen LogP contribution in [0, 0.1) is 5.92 Å². The van der Waals surface area contributed by atoms with Crippen LogP contribution in [0.15, 0.2) is 48.5 Å². The van der Waals surface area contributed by atoms with Crippen LogP contribution >= 0.6 is 0 Å². The van der Waals surface area contributed by atoms with Crippen molar-refractivity contribution in [2.45, 2.75) is 33.1 Å². The molecular formula is C21H24N2O2. The number of nitrogens with one attached hydrogen (secondary N) is 1. The Morgan fingerprint density at radius 3 is 2.48 bits per heavy atom. The van der Waals surface area contributed by atoms with Crippen LogP contribution in [0.25, 0.3) is 0 Å². The number of hydrogen-bond donors (Lipinski definition) is 1. The fourth-order valence-electron chi connectivity index (χ4n) is 3.19. The normalized spacial score (nSPS) is 17.0. The van der Waals surface area contributed by atoms with Crippen molar-refractivity contribution in [1.82, 2.24) is 0 Å². The Kier molecular flexibility index (Phi) is 5.17. The third-order valence-electron chi connectivity index (χ3n) is 4.78. The van der Waals surface area contributed by atoms with Gasteiger partial charge in [-0.3, -0.25) is 9.59 Å². The Hall–Kier alpha value is -2.62. The molecule has 4 nitrogen and oxygen atoms in total. The van der Waals surface area contributed by atoms with Gasteiger partial charge in [0.15, 0.2) is 0 Å². The van der Waals surface area contributed by atoms with Crippen molar-refractivity contribution in [3.63, 3.8) is 0 Å². The molecule has 1 N–H and O–H groups in total. The van der Waals surface area contributed by atoms with E-state index in [2.05, 4.69) is 19.2 Å². The number of carbonyl (C=O) groups is 2. The van der Waals surface area contributed by atoms with Crippen molar-refractivity contribution >= 4 is 23.2 Å². The van der Waals surface area contributed by atoms with E-state index in [1.807, 2.05) is 48.5 Å². The van der Waals surface area contributed by atoms with Gasteiger partial charge in [-0.1, -0.05) is 38.1 Å². The van der Waals surface area contributed by atoms with Gasteiger partial charge in [0.1, 0.15) is 5.92 Å². The molecule has 0 spiro atoms. The largest absolute Gasteiger partial charge is 0.325 e. The summed E-state index contributed by atoms with van der Waals surface area (Å²) in [6, 6.07) is 15.8. The van der Waals surface area contributed by atoms with Crippen molar-refractivity contribution in [3.05, 3.63) is 59.7 Å². The third-order valence-corrected chi connectivity index (χ3v) is 4.78. The van der Waals surface area contributed by atoms with Crippen molar-refractivity contribution in [3.8, 4) is 0 Å². The van der Waals surface area contributed by atoms with E-state index in [0.717, 1.165) is 29.8 Å². The zero-order chi connectivity index (χ0) is 17.8. The Balaban J connectivity index is 1.69. The molecule has 0 aliphatic carbocycles. The average molecular weight is 336 g/mol. The summed E-state index contributed by atoms with van der Waals surface area (Å²) in [7, 11) is 0. The highest BCUT2D eigenvalue weighted by Gasteiger charge is 2.37. The lowest BCUT2D eigenvalue weighted by molar-refractivity contribution is -0.129. The molecule has 1 heterocycles. The second-order valence-electron chi connectivity index (χ2n) is 6.39. The number of rotatable bonds is 5. The lowest BCUT2D eigenvalue weighted by atomic mass is 10.1. The molecule has 1 aliphatic heterocycles. The molecule has 0 radical (unpaired) electrons. The van der Waals surface area contributed by atoms with Crippen LogP contribution in [-0.4, -0.2) is 18.4 Å². The molecule has 1 atom stereocenters. The Morgan fingerprint density at radius 1 is 1.08 bits per heavy atom. The van der Waals surface area contributed by atoms with Crippen LogP contribution in [-0.2, 0) is 22.4 Å². The van der Waals surface area contributed by atoms with Gasteiger partial charge < -0.3 is 10.2 Å². The topological polar surface area (TPSA) is 49.4 Å². The second-order valence-corrected chi connectivity index (χ2v) is 6.39. The molecule has 0 unspecified atom stereocenters.